The molecule has 1 aliphatic heterocycles. The Balaban J connectivity index is 1.67. The van der Waals surface area contributed by atoms with Crippen LogP contribution in [0.25, 0.3) is 21.9 Å². The zero-order valence-electron chi connectivity index (χ0n) is 16.7. The number of benzene rings is 2. The highest BCUT2D eigenvalue weighted by molar-refractivity contribution is 6.07. The van der Waals surface area contributed by atoms with Crippen LogP contribution in [0.2, 0.25) is 0 Å². The van der Waals surface area contributed by atoms with Gasteiger partial charge < -0.3 is 14.6 Å². The molecule has 5 heteroatoms. The number of hydrogen-bond acceptors (Lipinski definition) is 4. The smallest absolute Gasteiger partial charge is 0.344 e. The first-order valence-corrected chi connectivity index (χ1v) is 10.3. The van der Waals surface area contributed by atoms with Gasteiger partial charge in [0, 0.05) is 24.0 Å². The summed E-state index contributed by atoms with van der Waals surface area (Å²) >= 11 is 0. The van der Waals surface area contributed by atoms with Crippen molar-refractivity contribution in [3.63, 3.8) is 0 Å². The van der Waals surface area contributed by atoms with E-state index in [4.69, 9.17) is 4.42 Å². The number of nitrogens with one attached hydrogen (secondary N) is 1. The number of amides is 1. The molecular formula is C24H26N2O3. The van der Waals surface area contributed by atoms with E-state index in [0.717, 1.165) is 36.1 Å². The fourth-order valence-corrected chi connectivity index (χ4v) is 3.96. The number of likely N-dealkylation sites (tertiary alicyclic amines) is 1. The Morgan fingerprint density at radius 1 is 1.00 bits per heavy atom. The first kappa shape index (κ1) is 19.4. The van der Waals surface area contributed by atoms with Gasteiger partial charge in [0.2, 0.25) is 5.76 Å². The molecular weight excluding hydrogens is 364 g/mol. The van der Waals surface area contributed by atoms with E-state index >= 15 is 0 Å². The summed E-state index contributed by atoms with van der Waals surface area (Å²) in [7, 11) is 0. The first-order valence-electron chi connectivity index (χ1n) is 10.3. The highest BCUT2D eigenvalue weighted by Crippen LogP contribution is 2.30. The summed E-state index contributed by atoms with van der Waals surface area (Å²) in [6.45, 7) is 5.51. The number of aryl methyl sites for hydroxylation is 1. The minimum atomic E-state index is -0.488. The van der Waals surface area contributed by atoms with Crippen molar-refractivity contribution >= 4 is 16.7 Å². The van der Waals surface area contributed by atoms with Gasteiger partial charge in [-0.2, -0.15) is 0 Å². The normalized spacial score (nSPS) is 14.8. The third kappa shape index (κ3) is 4.25. The Kier molecular flexibility index (Phi) is 5.76. The lowest BCUT2D eigenvalue weighted by molar-refractivity contribution is 0.0916. The van der Waals surface area contributed by atoms with Crippen molar-refractivity contribution in [1.29, 1.82) is 0 Å². The summed E-state index contributed by atoms with van der Waals surface area (Å²) in [6.07, 6.45) is 3.71. The number of rotatable bonds is 5. The minimum absolute atomic E-state index is 0.0798. The fraction of sp³-hybridized carbons (Fsp3) is 0.333. The van der Waals surface area contributed by atoms with Crippen LogP contribution in [0, 0.1) is 6.92 Å². The van der Waals surface area contributed by atoms with Gasteiger partial charge in [-0.05, 0) is 44.5 Å². The molecule has 29 heavy (non-hydrogen) atoms. The Morgan fingerprint density at radius 3 is 2.41 bits per heavy atom. The summed E-state index contributed by atoms with van der Waals surface area (Å²) in [5, 5.41) is 4.16. The van der Waals surface area contributed by atoms with Crippen molar-refractivity contribution in [2.24, 2.45) is 0 Å². The Bertz CT molecular complexity index is 1060. The van der Waals surface area contributed by atoms with Crippen molar-refractivity contribution in [1.82, 2.24) is 10.2 Å². The van der Waals surface area contributed by atoms with Gasteiger partial charge in [-0.1, -0.05) is 54.4 Å². The predicted molar refractivity (Wildman–Crippen MR) is 115 cm³/mol. The zero-order chi connectivity index (χ0) is 20.2. The van der Waals surface area contributed by atoms with Gasteiger partial charge in [0.1, 0.15) is 0 Å². The van der Waals surface area contributed by atoms with E-state index in [9.17, 15) is 9.59 Å². The third-order valence-corrected chi connectivity index (χ3v) is 5.55. The van der Waals surface area contributed by atoms with Gasteiger partial charge in [0.15, 0.2) is 0 Å². The average Bonchev–Trinajstić information content (AvgIpc) is 2.75. The topological polar surface area (TPSA) is 62.6 Å². The van der Waals surface area contributed by atoms with Crippen LogP contribution in [0.4, 0.5) is 0 Å². The van der Waals surface area contributed by atoms with Crippen LogP contribution in [0.5, 0.6) is 0 Å². The number of piperidine rings is 1. The molecule has 1 aliphatic rings. The van der Waals surface area contributed by atoms with Gasteiger partial charge in [-0.15, -0.1) is 0 Å². The second-order valence-electron chi connectivity index (χ2n) is 7.66. The van der Waals surface area contributed by atoms with Gasteiger partial charge in [-0.3, -0.25) is 4.79 Å². The van der Waals surface area contributed by atoms with Crippen molar-refractivity contribution in [2.45, 2.75) is 26.2 Å². The molecule has 4 rings (SSSR count). The van der Waals surface area contributed by atoms with Crippen LogP contribution in [-0.4, -0.2) is 37.0 Å². The molecule has 0 radical (unpaired) electrons. The minimum Gasteiger partial charge on any atom is -0.416 e. The van der Waals surface area contributed by atoms with Gasteiger partial charge in [0.05, 0.1) is 5.39 Å². The second kappa shape index (κ2) is 8.62. The van der Waals surface area contributed by atoms with Crippen LogP contribution < -0.4 is 10.9 Å². The molecule has 2 aromatic carbocycles. The van der Waals surface area contributed by atoms with Crippen molar-refractivity contribution < 1.29 is 9.21 Å². The summed E-state index contributed by atoms with van der Waals surface area (Å²) in [6, 6.07) is 15.2. The average molecular weight is 390 g/mol. The molecule has 0 bridgehead atoms. The van der Waals surface area contributed by atoms with Crippen LogP contribution in [0.3, 0.4) is 0 Å². The van der Waals surface area contributed by atoms with Gasteiger partial charge >= 0.3 is 5.63 Å². The molecule has 0 saturated carbocycles. The molecule has 150 valence electrons. The van der Waals surface area contributed by atoms with Crippen LogP contribution in [-0.2, 0) is 0 Å². The quantitative estimate of drug-likeness (QED) is 0.716. The number of fused-ring (bicyclic) bond motifs is 1. The van der Waals surface area contributed by atoms with E-state index in [-0.39, 0.29) is 11.7 Å². The lowest BCUT2D eigenvalue weighted by Gasteiger charge is -2.26. The second-order valence-corrected chi connectivity index (χ2v) is 7.66. The van der Waals surface area contributed by atoms with Crippen molar-refractivity contribution in [3.8, 4) is 11.1 Å². The lowest BCUT2D eigenvalue weighted by atomic mass is 9.97. The van der Waals surface area contributed by atoms with E-state index in [1.54, 1.807) is 12.1 Å². The molecule has 1 aromatic heterocycles. The van der Waals surface area contributed by atoms with E-state index < -0.39 is 5.63 Å². The van der Waals surface area contributed by atoms with Gasteiger partial charge in [-0.25, -0.2) is 4.79 Å². The van der Waals surface area contributed by atoms with Crippen LogP contribution >= 0.6 is 0 Å². The van der Waals surface area contributed by atoms with E-state index in [0.29, 0.717) is 17.5 Å². The highest BCUT2D eigenvalue weighted by Gasteiger charge is 2.21. The molecule has 3 aromatic rings. The summed E-state index contributed by atoms with van der Waals surface area (Å²) < 4.78 is 5.53. The Hall–Kier alpha value is -2.92. The molecule has 1 amide bonds. The number of nitrogens with zero attached hydrogens (tertiary/aromatic N) is 1. The van der Waals surface area contributed by atoms with Crippen LogP contribution in [0.15, 0.2) is 57.7 Å². The molecule has 1 N–H and O–H groups in total. The first-order chi connectivity index (χ1) is 14.1. The molecule has 0 spiro atoms. The largest absolute Gasteiger partial charge is 0.416 e. The van der Waals surface area contributed by atoms with Crippen LogP contribution in [0.1, 0.15) is 35.4 Å². The molecule has 0 unspecified atom stereocenters. The van der Waals surface area contributed by atoms with Crippen molar-refractivity contribution in [2.75, 3.05) is 26.2 Å². The van der Waals surface area contributed by atoms with Crippen molar-refractivity contribution in [3.05, 3.63) is 70.3 Å². The predicted octanol–water partition coefficient (Wildman–Crippen LogP) is 3.98. The SMILES string of the molecule is Cc1ccc(-c2c(C(=O)NCCN3CCCCC3)oc(=O)c3ccccc23)cc1. The van der Waals surface area contributed by atoms with E-state index in [1.165, 1.54) is 19.3 Å². The standard InChI is InChI=1S/C24H26N2O3/c1-17-9-11-18(12-10-17)21-19-7-3-4-8-20(19)24(28)29-22(21)23(27)25-13-16-26-14-5-2-6-15-26/h3-4,7-12H,2,5-6,13-16H2,1H3,(H,25,27). The number of carbonyl (C=O) groups is 1. The maximum absolute atomic E-state index is 13.0. The maximum atomic E-state index is 13.0. The zero-order valence-corrected chi connectivity index (χ0v) is 16.7. The molecule has 0 aliphatic carbocycles. The highest BCUT2D eigenvalue weighted by atomic mass is 16.4. The Morgan fingerprint density at radius 2 is 1.69 bits per heavy atom. The summed E-state index contributed by atoms with van der Waals surface area (Å²) in [5.41, 5.74) is 2.16. The summed E-state index contributed by atoms with van der Waals surface area (Å²) in [5.74, 6) is -0.267. The molecule has 0 atom stereocenters. The molecule has 2 heterocycles. The third-order valence-electron chi connectivity index (χ3n) is 5.55. The maximum Gasteiger partial charge on any atom is 0.344 e. The molecule has 1 fully saturated rings. The van der Waals surface area contributed by atoms with Gasteiger partial charge in [0.25, 0.3) is 5.91 Å². The number of carbonyl (C=O) groups excluding carboxylic acids is 1. The Labute approximate surface area is 170 Å². The van der Waals surface area contributed by atoms with E-state index in [1.807, 2.05) is 43.3 Å². The molecule has 5 nitrogen and oxygen atoms in total. The fourth-order valence-electron chi connectivity index (χ4n) is 3.96. The number of hydrogen-bond donors (Lipinski definition) is 1. The van der Waals surface area contributed by atoms with E-state index in [2.05, 4.69) is 10.2 Å². The monoisotopic (exact) mass is 390 g/mol. The summed E-state index contributed by atoms with van der Waals surface area (Å²) in [4.78, 5) is 27.9. The lowest BCUT2D eigenvalue weighted by Crippen LogP contribution is -2.38. The molecule has 1 saturated heterocycles.